The fourth-order valence-corrected chi connectivity index (χ4v) is 2.01. The summed E-state index contributed by atoms with van der Waals surface area (Å²) in [7, 11) is 0. The molecule has 17 heavy (non-hydrogen) atoms. The molecule has 6 heteroatoms. The third kappa shape index (κ3) is 2.83. The van der Waals surface area contributed by atoms with E-state index in [0.717, 1.165) is 18.8 Å². The van der Waals surface area contributed by atoms with Crippen LogP contribution < -0.4 is 0 Å². The molecule has 1 amide bonds. The maximum atomic E-state index is 12.1. The first-order valence-corrected chi connectivity index (χ1v) is 5.85. The van der Waals surface area contributed by atoms with Gasteiger partial charge in [-0.1, -0.05) is 0 Å². The van der Waals surface area contributed by atoms with Crippen molar-refractivity contribution in [1.29, 1.82) is 0 Å². The van der Waals surface area contributed by atoms with Gasteiger partial charge in [0.2, 0.25) is 0 Å². The van der Waals surface area contributed by atoms with Crippen LogP contribution in [0.4, 0.5) is 0 Å². The zero-order valence-corrected chi connectivity index (χ0v) is 10.0. The number of aromatic amines is 1. The van der Waals surface area contributed by atoms with Gasteiger partial charge in [-0.15, -0.1) is 0 Å². The molecule has 1 fully saturated rings. The van der Waals surface area contributed by atoms with Crippen molar-refractivity contribution in [3.63, 3.8) is 0 Å². The molecule has 0 radical (unpaired) electrons. The van der Waals surface area contributed by atoms with Crippen molar-refractivity contribution in [3.8, 4) is 0 Å². The molecule has 0 unspecified atom stereocenters. The van der Waals surface area contributed by atoms with E-state index in [1.807, 2.05) is 11.8 Å². The number of aliphatic hydroxyl groups excluding tert-OH is 1. The summed E-state index contributed by atoms with van der Waals surface area (Å²) in [5, 5.41) is 15.6. The average molecular weight is 238 g/mol. The Kier molecular flexibility index (Phi) is 3.75. The molecule has 0 aromatic carbocycles. The Bertz CT molecular complexity index is 383. The molecule has 6 nitrogen and oxygen atoms in total. The Morgan fingerprint density at radius 3 is 2.71 bits per heavy atom. The maximum Gasteiger partial charge on any atom is 0.274 e. The lowest BCUT2D eigenvalue weighted by Crippen LogP contribution is -2.49. The van der Waals surface area contributed by atoms with Crippen molar-refractivity contribution in [2.45, 2.75) is 6.92 Å². The smallest absolute Gasteiger partial charge is 0.274 e. The minimum atomic E-state index is -0.0157. The number of carbonyl (C=O) groups excluding carboxylic acids is 1. The molecule has 1 saturated heterocycles. The molecule has 0 aliphatic carbocycles. The van der Waals surface area contributed by atoms with Crippen LogP contribution >= 0.6 is 0 Å². The second kappa shape index (κ2) is 5.29. The fourth-order valence-electron chi connectivity index (χ4n) is 2.01. The Hall–Kier alpha value is -1.40. The number of nitrogens with zero attached hydrogens (tertiary/aromatic N) is 3. The third-order valence-corrected chi connectivity index (χ3v) is 3.00. The van der Waals surface area contributed by atoms with Crippen molar-refractivity contribution in [3.05, 3.63) is 17.5 Å². The van der Waals surface area contributed by atoms with Gasteiger partial charge in [0.15, 0.2) is 0 Å². The van der Waals surface area contributed by atoms with E-state index in [4.69, 9.17) is 5.11 Å². The molecule has 0 atom stereocenters. The fraction of sp³-hybridized carbons (Fsp3) is 0.636. The van der Waals surface area contributed by atoms with Crippen LogP contribution in [0, 0.1) is 6.92 Å². The molecule has 0 bridgehead atoms. The van der Waals surface area contributed by atoms with Crippen LogP contribution in [0.25, 0.3) is 0 Å². The lowest BCUT2D eigenvalue weighted by Gasteiger charge is -2.33. The van der Waals surface area contributed by atoms with Gasteiger partial charge in [-0.25, -0.2) is 0 Å². The molecule has 0 saturated carbocycles. The topological polar surface area (TPSA) is 72.5 Å². The first-order valence-electron chi connectivity index (χ1n) is 5.85. The number of hydrogen-bond donors (Lipinski definition) is 2. The highest BCUT2D eigenvalue weighted by atomic mass is 16.3. The van der Waals surface area contributed by atoms with Gasteiger partial charge in [0.25, 0.3) is 5.91 Å². The summed E-state index contributed by atoms with van der Waals surface area (Å²) < 4.78 is 0. The summed E-state index contributed by atoms with van der Waals surface area (Å²) in [5.74, 6) is -0.0157. The van der Waals surface area contributed by atoms with Crippen LogP contribution in [0.15, 0.2) is 6.07 Å². The molecule has 2 N–H and O–H groups in total. The number of hydrogen-bond acceptors (Lipinski definition) is 4. The molecular formula is C11H18N4O2. The van der Waals surface area contributed by atoms with Crippen LogP contribution in [-0.2, 0) is 0 Å². The number of aryl methyl sites for hydroxylation is 1. The average Bonchev–Trinajstić information content (AvgIpc) is 2.76. The molecule has 1 aliphatic rings. The Morgan fingerprint density at radius 1 is 1.47 bits per heavy atom. The van der Waals surface area contributed by atoms with Gasteiger partial charge >= 0.3 is 0 Å². The number of aromatic nitrogens is 2. The number of rotatable bonds is 3. The number of piperazine rings is 1. The number of H-pyrrole nitrogens is 1. The molecule has 1 aromatic heterocycles. The summed E-state index contributed by atoms with van der Waals surface area (Å²) in [6.45, 7) is 5.76. The SMILES string of the molecule is Cc1cc(C(=O)N2CCN(CCO)CC2)n[nH]1. The van der Waals surface area contributed by atoms with E-state index in [1.54, 1.807) is 6.07 Å². The van der Waals surface area contributed by atoms with E-state index in [1.165, 1.54) is 0 Å². The molecule has 2 heterocycles. The van der Waals surface area contributed by atoms with Gasteiger partial charge in [0.1, 0.15) is 5.69 Å². The van der Waals surface area contributed by atoms with Crippen molar-refractivity contribution in [2.75, 3.05) is 39.3 Å². The summed E-state index contributed by atoms with van der Waals surface area (Å²) in [4.78, 5) is 16.0. The van der Waals surface area contributed by atoms with E-state index in [9.17, 15) is 4.79 Å². The highest BCUT2D eigenvalue weighted by Gasteiger charge is 2.23. The van der Waals surface area contributed by atoms with Gasteiger partial charge in [0, 0.05) is 38.4 Å². The Labute approximate surface area is 100 Å². The van der Waals surface area contributed by atoms with Gasteiger partial charge in [0.05, 0.1) is 6.61 Å². The number of amides is 1. The van der Waals surface area contributed by atoms with Gasteiger partial charge in [-0.3, -0.25) is 14.8 Å². The van der Waals surface area contributed by atoms with Crippen molar-refractivity contribution in [2.24, 2.45) is 0 Å². The Morgan fingerprint density at radius 2 is 2.18 bits per heavy atom. The molecule has 1 aliphatic heterocycles. The van der Waals surface area contributed by atoms with E-state index in [-0.39, 0.29) is 12.5 Å². The highest BCUT2D eigenvalue weighted by Crippen LogP contribution is 2.07. The van der Waals surface area contributed by atoms with E-state index in [0.29, 0.717) is 25.3 Å². The molecule has 1 aromatic rings. The number of carbonyl (C=O) groups is 1. The van der Waals surface area contributed by atoms with Gasteiger partial charge in [-0.05, 0) is 13.0 Å². The van der Waals surface area contributed by atoms with E-state index in [2.05, 4.69) is 15.1 Å². The lowest BCUT2D eigenvalue weighted by atomic mass is 10.2. The van der Waals surface area contributed by atoms with Crippen LogP contribution in [0.5, 0.6) is 0 Å². The summed E-state index contributed by atoms with van der Waals surface area (Å²) >= 11 is 0. The monoisotopic (exact) mass is 238 g/mol. The third-order valence-electron chi connectivity index (χ3n) is 3.00. The van der Waals surface area contributed by atoms with Gasteiger partial charge in [-0.2, -0.15) is 5.10 Å². The second-order valence-corrected chi connectivity index (χ2v) is 4.29. The van der Waals surface area contributed by atoms with Crippen molar-refractivity contribution >= 4 is 5.91 Å². The normalized spacial score (nSPS) is 17.4. The zero-order valence-electron chi connectivity index (χ0n) is 10.0. The van der Waals surface area contributed by atoms with Crippen molar-refractivity contribution in [1.82, 2.24) is 20.0 Å². The van der Waals surface area contributed by atoms with Crippen LogP contribution in [-0.4, -0.2) is 70.3 Å². The highest BCUT2D eigenvalue weighted by molar-refractivity contribution is 5.92. The standard InChI is InChI=1S/C11H18N4O2/c1-9-8-10(13-12-9)11(17)15-4-2-14(3-5-15)6-7-16/h8,16H,2-7H2,1H3,(H,12,13). The van der Waals surface area contributed by atoms with Crippen LogP contribution in [0.2, 0.25) is 0 Å². The quantitative estimate of drug-likeness (QED) is 0.742. The predicted molar refractivity (Wildman–Crippen MR) is 62.8 cm³/mol. The summed E-state index contributed by atoms with van der Waals surface area (Å²) in [5.41, 5.74) is 1.38. The number of nitrogens with one attached hydrogen (secondary N) is 1. The maximum absolute atomic E-state index is 12.1. The van der Waals surface area contributed by atoms with Crippen LogP contribution in [0.3, 0.4) is 0 Å². The first-order chi connectivity index (χ1) is 8.20. The molecule has 2 rings (SSSR count). The summed E-state index contributed by atoms with van der Waals surface area (Å²) in [6, 6.07) is 1.77. The second-order valence-electron chi connectivity index (χ2n) is 4.29. The van der Waals surface area contributed by atoms with Gasteiger partial charge < -0.3 is 10.0 Å². The summed E-state index contributed by atoms with van der Waals surface area (Å²) in [6.07, 6.45) is 0. The number of aliphatic hydroxyl groups is 1. The van der Waals surface area contributed by atoms with E-state index < -0.39 is 0 Å². The molecular weight excluding hydrogens is 220 g/mol. The van der Waals surface area contributed by atoms with Crippen molar-refractivity contribution < 1.29 is 9.90 Å². The molecule has 94 valence electrons. The zero-order chi connectivity index (χ0) is 12.3. The Balaban J connectivity index is 1.90. The minimum absolute atomic E-state index is 0.0157. The van der Waals surface area contributed by atoms with E-state index >= 15 is 0 Å². The number of β-amino-alcohol motifs (C(OH)–C–C–N with tert-alkyl or cyclic N) is 1. The largest absolute Gasteiger partial charge is 0.395 e. The lowest BCUT2D eigenvalue weighted by molar-refractivity contribution is 0.0609. The first kappa shape index (κ1) is 12.1. The minimum Gasteiger partial charge on any atom is -0.395 e. The molecule has 0 spiro atoms. The predicted octanol–water partition coefficient (Wildman–Crippen LogP) is -0.532. The van der Waals surface area contributed by atoms with Crippen LogP contribution in [0.1, 0.15) is 16.2 Å².